The molecular formula is C15H21BrFN3O. The number of rotatable bonds is 4. The minimum Gasteiger partial charge on any atom is -0.374 e. The fourth-order valence-corrected chi connectivity index (χ4v) is 3.73. The fourth-order valence-electron chi connectivity index (χ4n) is 3.32. The first-order valence-corrected chi connectivity index (χ1v) is 8.22. The van der Waals surface area contributed by atoms with E-state index in [1.165, 1.54) is 18.9 Å². The van der Waals surface area contributed by atoms with Gasteiger partial charge in [-0.1, -0.05) is 15.9 Å². The molecule has 2 fully saturated rings. The van der Waals surface area contributed by atoms with Gasteiger partial charge in [-0.05, 0) is 49.6 Å². The minimum atomic E-state index is -0.201. The molecule has 0 spiro atoms. The number of benzene rings is 1. The third kappa shape index (κ3) is 3.46. The molecule has 0 radical (unpaired) electrons. The van der Waals surface area contributed by atoms with Crippen molar-refractivity contribution in [1.29, 1.82) is 0 Å². The third-order valence-electron chi connectivity index (χ3n) is 4.53. The Bertz CT molecular complexity index is 502. The lowest BCUT2D eigenvalue weighted by molar-refractivity contribution is -0.0645. The van der Waals surface area contributed by atoms with Gasteiger partial charge in [0.2, 0.25) is 0 Å². The van der Waals surface area contributed by atoms with Crippen LogP contribution in [0.1, 0.15) is 18.4 Å². The summed E-state index contributed by atoms with van der Waals surface area (Å²) in [5, 5.41) is 0. The molecule has 3 rings (SSSR count). The Balaban J connectivity index is 1.68. The zero-order valence-corrected chi connectivity index (χ0v) is 13.5. The molecule has 2 aliphatic rings. The summed E-state index contributed by atoms with van der Waals surface area (Å²) in [5.74, 6) is 5.49. The molecule has 116 valence electrons. The van der Waals surface area contributed by atoms with E-state index in [1.807, 2.05) is 0 Å². The number of hydrogen-bond donors (Lipinski definition) is 2. The number of nitrogens with zero attached hydrogens (tertiary/aromatic N) is 1. The Kier molecular flexibility index (Phi) is 4.91. The quantitative estimate of drug-likeness (QED) is 0.637. The van der Waals surface area contributed by atoms with E-state index in [0.29, 0.717) is 18.0 Å². The Labute approximate surface area is 132 Å². The number of hydrogen-bond acceptors (Lipinski definition) is 4. The van der Waals surface area contributed by atoms with Gasteiger partial charge < -0.3 is 4.74 Å². The van der Waals surface area contributed by atoms with E-state index in [-0.39, 0.29) is 18.0 Å². The van der Waals surface area contributed by atoms with Crippen molar-refractivity contribution < 1.29 is 9.13 Å². The van der Waals surface area contributed by atoms with Gasteiger partial charge in [0, 0.05) is 17.1 Å². The van der Waals surface area contributed by atoms with E-state index in [4.69, 9.17) is 10.6 Å². The topological polar surface area (TPSA) is 50.5 Å². The van der Waals surface area contributed by atoms with Crippen molar-refractivity contribution in [2.24, 2.45) is 5.84 Å². The number of hydrazine groups is 1. The van der Waals surface area contributed by atoms with E-state index in [0.717, 1.165) is 24.2 Å². The minimum absolute atomic E-state index is 0.00253. The molecule has 0 saturated carbocycles. The van der Waals surface area contributed by atoms with Crippen LogP contribution in [0.25, 0.3) is 0 Å². The van der Waals surface area contributed by atoms with Crippen LogP contribution >= 0.6 is 15.9 Å². The molecule has 1 aromatic carbocycles. The average molecular weight is 358 g/mol. The second-order valence-electron chi connectivity index (χ2n) is 5.88. The maximum absolute atomic E-state index is 13.9. The van der Waals surface area contributed by atoms with Crippen LogP contribution < -0.4 is 11.3 Å². The number of nitrogens with two attached hydrogens (primary N) is 1. The zero-order chi connectivity index (χ0) is 14.8. The molecule has 2 aliphatic heterocycles. The van der Waals surface area contributed by atoms with E-state index >= 15 is 0 Å². The van der Waals surface area contributed by atoms with Gasteiger partial charge >= 0.3 is 0 Å². The van der Waals surface area contributed by atoms with Crippen molar-refractivity contribution in [3.8, 4) is 0 Å². The summed E-state index contributed by atoms with van der Waals surface area (Å²) in [6, 6.07) is 5.46. The highest BCUT2D eigenvalue weighted by atomic mass is 79.9. The van der Waals surface area contributed by atoms with Gasteiger partial charge in [-0.25, -0.2) is 4.39 Å². The van der Waals surface area contributed by atoms with Crippen LogP contribution in [-0.2, 0) is 11.2 Å². The summed E-state index contributed by atoms with van der Waals surface area (Å²) in [7, 11) is 0. The lowest BCUT2D eigenvalue weighted by atomic mass is 9.99. The molecule has 6 heteroatoms. The van der Waals surface area contributed by atoms with Crippen LogP contribution in [0, 0.1) is 5.82 Å². The molecule has 21 heavy (non-hydrogen) atoms. The Morgan fingerprint density at radius 2 is 2.38 bits per heavy atom. The summed E-state index contributed by atoms with van der Waals surface area (Å²) >= 11 is 3.38. The van der Waals surface area contributed by atoms with Crippen LogP contribution in [0.4, 0.5) is 4.39 Å². The average Bonchev–Trinajstić information content (AvgIpc) is 2.95. The number of halogens is 2. The SMILES string of the molecule is NNC(Cc1cc(Br)ccc1F)C1CN2CCCC2CO1. The van der Waals surface area contributed by atoms with Crippen LogP contribution in [0.5, 0.6) is 0 Å². The smallest absolute Gasteiger partial charge is 0.126 e. The van der Waals surface area contributed by atoms with Crippen LogP contribution in [0.3, 0.4) is 0 Å². The van der Waals surface area contributed by atoms with E-state index < -0.39 is 0 Å². The summed E-state index contributed by atoms with van der Waals surface area (Å²) < 4.78 is 20.8. The van der Waals surface area contributed by atoms with Crippen LogP contribution in [0.2, 0.25) is 0 Å². The number of morpholine rings is 1. The highest BCUT2D eigenvalue weighted by molar-refractivity contribution is 9.10. The molecule has 4 nitrogen and oxygen atoms in total. The lowest BCUT2D eigenvalue weighted by Crippen LogP contribution is -2.56. The largest absolute Gasteiger partial charge is 0.374 e. The van der Waals surface area contributed by atoms with Crippen molar-refractivity contribution in [3.63, 3.8) is 0 Å². The van der Waals surface area contributed by atoms with Crippen LogP contribution in [-0.4, -0.2) is 42.8 Å². The highest BCUT2D eigenvalue weighted by Gasteiger charge is 2.35. The number of nitrogens with one attached hydrogen (secondary N) is 1. The van der Waals surface area contributed by atoms with Crippen LogP contribution in [0.15, 0.2) is 22.7 Å². The Morgan fingerprint density at radius 1 is 1.52 bits per heavy atom. The van der Waals surface area contributed by atoms with Gasteiger partial charge in [0.1, 0.15) is 5.82 Å². The molecule has 2 heterocycles. The van der Waals surface area contributed by atoms with Crippen molar-refractivity contribution in [1.82, 2.24) is 10.3 Å². The second kappa shape index (κ2) is 6.71. The first kappa shape index (κ1) is 15.4. The normalized spacial score (nSPS) is 27.6. The Hall–Kier alpha value is -0.530. The van der Waals surface area contributed by atoms with Gasteiger partial charge in [-0.3, -0.25) is 16.2 Å². The maximum Gasteiger partial charge on any atom is 0.126 e. The number of fused-ring (bicyclic) bond motifs is 1. The van der Waals surface area contributed by atoms with Gasteiger partial charge in [0.25, 0.3) is 0 Å². The number of ether oxygens (including phenoxy) is 1. The second-order valence-corrected chi connectivity index (χ2v) is 6.79. The van der Waals surface area contributed by atoms with Gasteiger partial charge in [0.15, 0.2) is 0 Å². The van der Waals surface area contributed by atoms with Crippen molar-refractivity contribution in [3.05, 3.63) is 34.1 Å². The fraction of sp³-hybridized carbons (Fsp3) is 0.600. The highest BCUT2D eigenvalue weighted by Crippen LogP contribution is 2.25. The van der Waals surface area contributed by atoms with E-state index in [2.05, 4.69) is 26.3 Å². The summed E-state index contributed by atoms with van der Waals surface area (Å²) in [4.78, 5) is 2.47. The molecule has 0 amide bonds. The van der Waals surface area contributed by atoms with Gasteiger partial charge in [0.05, 0.1) is 18.8 Å². The summed E-state index contributed by atoms with van der Waals surface area (Å²) in [6.07, 6.45) is 2.98. The molecular weight excluding hydrogens is 337 g/mol. The van der Waals surface area contributed by atoms with E-state index in [9.17, 15) is 4.39 Å². The lowest BCUT2D eigenvalue weighted by Gasteiger charge is -2.38. The molecule has 3 atom stereocenters. The first-order valence-electron chi connectivity index (χ1n) is 7.43. The first-order chi connectivity index (χ1) is 10.2. The molecule has 0 aliphatic carbocycles. The standard InChI is InChI=1S/C15H21BrFN3O/c16-11-3-4-13(17)10(6-11)7-14(19-18)15-8-20-5-1-2-12(20)9-21-15/h3-4,6,12,14-15,19H,1-2,5,7-9,18H2. The van der Waals surface area contributed by atoms with Crippen molar-refractivity contribution in [2.75, 3.05) is 19.7 Å². The monoisotopic (exact) mass is 357 g/mol. The van der Waals surface area contributed by atoms with Gasteiger partial charge in [-0.2, -0.15) is 0 Å². The van der Waals surface area contributed by atoms with E-state index in [1.54, 1.807) is 12.1 Å². The molecule has 0 bridgehead atoms. The third-order valence-corrected chi connectivity index (χ3v) is 5.02. The molecule has 3 N–H and O–H groups in total. The predicted molar refractivity (Wildman–Crippen MR) is 83.3 cm³/mol. The predicted octanol–water partition coefficient (Wildman–Crippen LogP) is 1.83. The maximum atomic E-state index is 13.9. The molecule has 1 aromatic rings. The van der Waals surface area contributed by atoms with Crippen molar-refractivity contribution >= 4 is 15.9 Å². The Morgan fingerprint density at radius 3 is 3.19 bits per heavy atom. The van der Waals surface area contributed by atoms with Gasteiger partial charge in [-0.15, -0.1) is 0 Å². The molecule has 3 unspecified atom stereocenters. The summed E-state index contributed by atoms with van der Waals surface area (Å²) in [5.41, 5.74) is 3.47. The zero-order valence-electron chi connectivity index (χ0n) is 11.9. The van der Waals surface area contributed by atoms with Crippen molar-refractivity contribution in [2.45, 2.75) is 37.5 Å². The molecule has 0 aromatic heterocycles. The molecule has 2 saturated heterocycles. The summed E-state index contributed by atoms with van der Waals surface area (Å²) in [6.45, 7) is 2.76.